The highest BCUT2D eigenvalue weighted by molar-refractivity contribution is 5.22. The highest BCUT2D eigenvalue weighted by Gasteiger charge is 1.97. The minimum atomic E-state index is 0.515. The van der Waals surface area contributed by atoms with E-state index in [4.69, 9.17) is 6.42 Å². The molecule has 0 amide bonds. The van der Waals surface area contributed by atoms with Crippen LogP contribution in [0.1, 0.15) is 33.1 Å². The topological polar surface area (TPSA) is 0 Å². The molecule has 0 aromatic carbocycles. The van der Waals surface area contributed by atoms with Crippen LogP contribution >= 0.6 is 0 Å². The number of hydrogen-bond acceptors (Lipinski definition) is 0. The third-order valence-corrected chi connectivity index (χ3v) is 1.48. The maximum Gasteiger partial charge on any atom is 0.0210 e. The zero-order valence-electron chi connectivity index (χ0n) is 6.78. The first kappa shape index (κ1) is 9.12. The lowest BCUT2D eigenvalue weighted by molar-refractivity contribution is 0.581. The summed E-state index contributed by atoms with van der Waals surface area (Å²) in [6, 6.07) is 0. The summed E-state index contributed by atoms with van der Waals surface area (Å²) in [7, 11) is 0. The third kappa shape index (κ3) is 4.04. The number of hydrogen-bond donors (Lipinski definition) is 0. The van der Waals surface area contributed by atoms with Crippen molar-refractivity contribution < 1.29 is 0 Å². The Hall–Kier alpha value is -0.880. The Morgan fingerprint density at radius 3 is 2.50 bits per heavy atom. The Morgan fingerprint density at radius 1 is 1.40 bits per heavy atom. The van der Waals surface area contributed by atoms with Gasteiger partial charge in [0, 0.05) is 5.92 Å². The summed E-state index contributed by atoms with van der Waals surface area (Å²) >= 11 is 0. The van der Waals surface area contributed by atoms with E-state index < -0.39 is 0 Å². The maximum absolute atomic E-state index is 5.00. The molecule has 0 aliphatic rings. The van der Waals surface area contributed by atoms with E-state index in [1.165, 1.54) is 12.8 Å². The average molecular weight is 134 g/mol. The molecule has 0 aliphatic carbocycles. The first-order chi connectivity index (χ1) is 4.85. The quantitative estimate of drug-likeness (QED) is 0.520. The van der Waals surface area contributed by atoms with Gasteiger partial charge in [-0.3, -0.25) is 0 Å². The van der Waals surface area contributed by atoms with Gasteiger partial charge in [-0.25, -0.2) is 0 Å². The Morgan fingerprint density at radius 2 is 2.10 bits per heavy atom. The molecule has 0 N–H and O–H groups in total. The van der Waals surface area contributed by atoms with Crippen LogP contribution in [0, 0.1) is 30.1 Å². The van der Waals surface area contributed by atoms with Gasteiger partial charge in [0.2, 0.25) is 0 Å². The van der Waals surface area contributed by atoms with Crippen molar-refractivity contribution in [3.63, 3.8) is 0 Å². The summed E-state index contributed by atoms with van der Waals surface area (Å²) in [5, 5.41) is 0. The van der Waals surface area contributed by atoms with E-state index in [0.29, 0.717) is 5.92 Å². The van der Waals surface area contributed by atoms with Gasteiger partial charge < -0.3 is 0 Å². The van der Waals surface area contributed by atoms with Crippen molar-refractivity contribution in [2.24, 2.45) is 5.92 Å². The molecule has 0 fully saturated rings. The fourth-order valence-corrected chi connectivity index (χ4v) is 0.871. The van der Waals surface area contributed by atoms with Gasteiger partial charge in [-0.15, -0.1) is 6.42 Å². The van der Waals surface area contributed by atoms with Crippen LogP contribution in [0.5, 0.6) is 0 Å². The van der Waals surface area contributed by atoms with Crippen molar-refractivity contribution in [1.82, 2.24) is 0 Å². The molecule has 1 unspecified atom stereocenters. The van der Waals surface area contributed by atoms with Gasteiger partial charge in [-0.2, -0.15) is 0 Å². The molecular formula is C10H14. The normalized spacial score (nSPS) is 10.9. The van der Waals surface area contributed by atoms with Crippen LogP contribution < -0.4 is 0 Å². The lowest BCUT2D eigenvalue weighted by Gasteiger charge is -2.02. The molecule has 0 aliphatic heterocycles. The monoisotopic (exact) mass is 134 g/mol. The SMILES string of the molecule is C#CC#CC(CC)CCC. The smallest absolute Gasteiger partial charge is 0.0210 e. The van der Waals surface area contributed by atoms with E-state index in [-0.39, 0.29) is 0 Å². The summed E-state index contributed by atoms with van der Waals surface area (Å²) in [6.07, 6.45) is 8.48. The first-order valence-corrected chi connectivity index (χ1v) is 3.81. The Balaban J connectivity index is 3.73. The van der Waals surface area contributed by atoms with Crippen LogP contribution in [0.15, 0.2) is 0 Å². The molecule has 0 saturated heterocycles. The van der Waals surface area contributed by atoms with Crippen LogP contribution in [0.4, 0.5) is 0 Å². The van der Waals surface area contributed by atoms with Crippen molar-refractivity contribution in [2.45, 2.75) is 33.1 Å². The summed E-state index contributed by atoms with van der Waals surface area (Å²) in [5.41, 5.74) is 0. The van der Waals surface area contributed by atoms with Gasteiger partial charge in [0.1, 0.15) is 0 Å². The molecule has 0 nitrogen and oxygen atoms in total. The van der Waals surface area contributed by atoms with E-state index in [2.05, 4.69) is 31.6 Å². The van der Waals surface area contributed by atoms with Crippen LogP contribution in [0.2, 0.25) is 0 Å². The Kier molecular flexibility index (Phi) is 5.69. The number of terminal acetylenes is 1. The molecule has 0 bridgehead atoms. The zero-order valence-corrected chi connectivity index (χ0v) is 6.78. The second-order valence-corrected chi connectivity index (χ2v) is 2.31. The fourth-order valence-electron chi connectivity index (χ4n) is 0.871. The molecule has 0 saturated carbocycles. The molecule has 54 valence electrons. The minimum absolute atomic E-state index is 0.515. The lowest BCUT2D eigenvalue weighted by atomic mass is 10.0. The molecular weight excluding hydrogens is 120 g/mol. The van der Waals surface area contributed by atoms with Crippen LogP contribution in [-0.4, -0.2) is 0 Å². The van der Waals surface area contributed by atoms with E-state index in [1.807, 2.05) is 0 Å². The zero-order chi connectivity index (χ0) is 7.82. The molecule has 0 rings (SSSR count). The Labute approximate surface area is 64.0 Å². The van der Waals surface area contributed by atoms with Gasteiger partial charge in [-0.1, -0.05) is 26.2 Å². The van der Waals surface area contributed by atoms with Crippen LogP contribution in [0.3, 0.4) is 0 Å². The van der Waals surface area contributed by atoms with Gasteiger partial charge in [-0.05, 0) is 24.7 Å². The van der Waals surface area contributed by atoms with Crippen molar-refractivity contribution in [2.75, 3.05) is 0 Å². The van der Waals surface area contributed by atoms with E-state index in [0.717, 1.165) is 6.42 Å². The van der Waals surface area contributed by atoms with E-state index >= 15 is 0 Å². The summed E-state index contributed by atoms with van der Waals surface area (Å²) < 4.78 is 0. The maximum atomic E-state index is 5.00. The predicted octanol–water partition coefficient (Wildman–Crippen LogP) is 2.45. The minimum Gasteiger partial charge on any atom is -0.106 e. The molecule has 10 heavy (non-hydrogen) atoms. The molecule has 0 aromatic rings. The van der Waals surface area contributed by atoms with Gasteiger partial charge >= 0.3 is 0 Å². The molecule has 0 spiro atoms. The largest absolute Gasteiger partial charge is 0.106 e. The summed E-state index contributed by atoms with van der Waals surface area (Å²) in [4.78, 5) is 0. The second-order valence-electron chi connectivity index (χ2n) is 2.31. The first-order valence-electron chi connectivity index (χ1n) is 3.81. The van der Waals surface area contributed by atoms with Crippen LogP contribution in [-0.2, 0) is 0 Å². The van der Waals surface area contributed by atoms with Crippen molar-refractivity contribution in [1.29, 1.82) is 0 Å². The van der Waals surface area contributed by atoms with Crippen molar-refractivity contribution >= 4 is 0 Å². The highest BCUT2D eigenvalue weighted by Crippen LogP contribution is 2.08. The average Bonchev–Trinajstić information content (AvgIpc) is 1.98. The van der Waals surface area contributed by atoms with E-state index in [9.17, 15) is 0 Å². The van der Waals surface area contributed by atoms with Gasteiger partial charge in [0.05, 0.1) is 0 Å². The number of rotatable bonds is 3. The van der Waals surface area contributed by atoms with Gasteiger partial charge in [0.25, 0.3) is 0 Å². The molecule has 0 heteroatoms. The lowest BCUT2D eigenvalue weighted by Crippen LogP contribution is -1.92. The van der Waals surface area contributed by atoms with Crippen molar-refractivity contribution in [3.8, 4) is 24.2 Å². The predicted molar refractivity (Wildman–Crippen MR) is 45.3 cm³/mol. The van der Waals surface area contributed by atoms with Gasteiger partial charge in [0.15, 0.2) is 0 Å². The molecule has 0 heterocycles. The third-order valence-electron chi connectivity index (χ3n) is 1.48. The second kappa shape index (κ2) is 6.24. The van der Waals surface area contributed by atoms with Crippen molar-refractivity contribution in [3.05, 3.63) is 0 Å². The fraction of sp³-hybridized carbons (Fsp3) is 0.600. The molecule has 0 radical (unpaired) electrons. The standard InChI is InChI=1S/C10H14/c1-4-7-9-10(6-3)8-5-2/h1,10H,5-6,8H2,2-3H3. The van der Waals surface area contributed by atoms with Crippen LogP contribution in [0.25, 0.3) is 0 Å². The molecule has 1 atom stereocenters. The summed E-state index contributed by atoms with van der Waals surface area (Å²) in [5.74, 6) is 8.54. The highest BCUT2D eigenvalue weighted by atomic mass is 14.0. The van der Waals surface area contributed by atoms with E-state index in [1.54, 1.807) is 0 Å². The molecule has 0 aromatic heterocycles. The Bertz CT molecular complexity index is 161. The summed E-state index contributed by atoms with van der Waals surface area (Å²) in [6.45, 7) is 4.31.